The quantitative estimate of drug-likeness (QED) is 0.648. The summed E-state index contributed by atoms with van der Waals surface area (Å²) in [5.41, 5.74) is 1.14. The molecule has 0 unspecified atom stereocenters. The number of methoxy groups -OCH3 is 4. The van der Waals surface area contributed by atoms with Crippen LogP contribution >= 0.6 is 0 Å². The molecule has 0 spiro atoms. The normalized spacial score (nSPS) is 11.3. The van der Waals surface area contributed by atoms with Crippen LogP contribution in [0.2, 0.25) is 0 Å². The number of amides is 1. The number of ether oxygens (including phenoxy) is 4. The van der Waals surface area contributed by atoms with Crippen LogP contribution in [-0.4, -0.2) is 40.3 Å². The number of hydrogen-bond acceptors (Lipinski definition) is 7. The highest BCUT2D eigenvalue weighted by Gasteiger charge is 2.22. The van der Waals surface area contributed by atoms with Crippen molar-refractivity contribution in [3.63, 3.8) is 0 Å². The summed E-state index contributed by atoms with van der Waals surface area (Å²) in [6.45, 7) is 0. The van der Waals surface area contributed by atoms with Crippen LogP contribution in [0.3, 0.4) is 0 Å². The van der Waals surface area contributed by atoms with Crippen molar-refractivity contribution in [2.24, 2.45) is 0 Å². The highest BCUT2D eigenvalue weighted by molar-refractivity contribution is 5.91. The molecule has 29 heavy (non-hydrogen) atoms. The summed E-state index contributed by atoms with van der Waals surface area (Å²) in [4.78, 5) is 23.8. The number of anilines is 1. The molecular weight excluding hydrogens is 378 g/mol. The Kier molecular flexibility index (Phi) is 7.70. The molecule has 0 aliphatic carbocycles. The molecule has 2 aromatic rings. The van der Waals surface area contributed by atoms with E-state index in [9.17, 15) is 14.7 Å². The molecule has 0 aliphatic rings. The lowest BCUT2D eigenvalue weighted by Crippen LogP contribution is -2.26. The van der Waals surface area contributed by atoms with E-state index in [1.165, 1.54) is 21.3 Å². The van der Waals surface area contributed by atoms with Crippen molar-refractivity contribution in [2.45, 2.75) is 18.8 Å². The molecule has 1 atom stereocenters. The summed E-state index contributed by atoms with van der Waals surface area (Å²) in [6, 6.07) is 10.1. The fourth-order valence-electron chi connectivity index (χ4n) is 2.96. The summed E-state index contributed by atoms with van der Waals surface area (Å²) in [5, 5.41) is 14.0. The summed E-state index contributed by atoms with van der Waals surface area (Å²) in [5.74, 6) is -0.450. The van der Waals surface area contributed by atoms with Gasteiger partial charge in [0.1, 0.15) is 5.75 Å². The van der Waals surface area contributed by atoms with Gasteiger partial charge < -0.3 is 34.2 Å². The Morgan fingerprint density at radius 2 is 1.48 bits per heavy atom. The Labute approximate surface area is 169 Å². The average molecular weight is 402 g/mol. The molecule has 0 heterocycles. The monoisotopic (exact) mass is 402 g/mol. The van der Waals surface area contributed by atoms with Crippen LogP contribution in [0.15, 0.2) is 36.4 Å². The molecule has 8 nitrogen and oxygen atoms in total. The molecule has 0 aromatic heterocycles. The summed E-state index contributed by atoms with van der Waals surface area (Å²) >= 11 is 0. The van der Waals surface area contributed by atoms with Crippen LogP contribution < -0.4 is 29.4 Å². The SMILES string of the molecule is COc1ccc(NC(=O)C[C@H](CC(=O)[O-])c2cc(OC)c(OC)c(OC)c2)cc1. The van der Waals surface area contributed by atoms with Gasteiger partial charge in [0.15, 0.2) is 11.5 Å². The van der Waals surface area contributed by atoms with E-state index in [-0.39, 0.29) is 18.7 Å². The van der Waals surface area contributed by atoms with Gasteiger partial charge in [-0.2, -0.15) is 0 Å². The Bertz CT molecular complexity index is 824. The lowest BCUT2D eigenvalue weighted by atomic mass is 9.91. The first-order valence-electron chi connectivity index (χ1n) is 8.85. The maximum absolute atomic E-state index is 12.5. The number of carbonyl (C=O) groups is 2. The third-order valence-corrected chi connectivity index (χ3v) is 4.38. The largest absolute Gasteiger partial charge is 0.550 e. The van der Waals surface area contributed by atoms with Crippen molar-refractivity contribution >= 4 is 17.6 Å². The molecule has 0 radical (unpaired) electrons. The Morgan fingerprint density at radius 1 is 0.897 bits per heavy atom. The predicted molar refractivity (Wildman–Crippen MR) is 105 cm³/mol. The Morgan fingerprint density at radius 3 is 1.93 bits per heavy atom. The molecule has 0 saturated carbocycles. The van der Waals surface area contributed by atoms with Crippen LogP contribution in [0.5, 0.6) is 23.0 Å². The van der Waals surface area contributed by atoms with E-state index >= 15 is 0 Å². The van der Waals surface area contributed by atoms with E-state index in [1.54, 1.807) is 43.5 Å². The fraction of sp³-hybridized carbons (Fsp3) is 0.333. The van der Waals surface area contributed by atoms with E-state index in [0.717, 1.165) is 0 Å². The zero-order valence-corrected chi connectivity index (χ0v) is 16.8. The number of carbonyl (C=O) groups excluding carboxylic acids is 2. The van der Waals surface area contributed by atoms with E-state index in [2.05, 4.69) is 5.32 Å². The number of aliphatic carboxylic acids is 1. The topological polar surface area (TPSA) is 106 Å². The number of benzene rings is 2. The predicted octanol–water partition coefficient (Wildman–Crippen LogP) is 1.97. The van der Waals surface area contributed by atoms with Crippen LogP contribution in [0.1, 0.15) is 24.3 Å². The Hall–Kier alpha value is -3.42. The molecule has 0 saturated heterocycles. The van der Waals surface area contributed by atoms with E-state index in [0.29, 0.717) is 34.2 Å². The van der Waals surface area contributed by atoms with Crippen molar-refractivity contribution in [1.29, 1.82) is 0 Å². The summed E-state index contributed by atoms with van der Waals surface area (Å²) < 4.78 is 21.0. The van der Waals surface area contributed by atoms with Gasteiger partial charge in [0.05, 0.1) is 28.4 Å². The zero-order chi connectivity index (χ0) is 21.4. The molecule has 0 bridgehead atoms. The first kappa shape index (κ1) is 21.9. The minimum Gasteiger partial charge on any atom is -0.550 e. The van der Waals surface area contributed by atoms with Crippen molar-refractivity contribution < 1.29 is 33.6 Å². The van der Waals surface area contributed by atoms with Gasteiger partial charge in [-0.15, -0.1) is 0 Å². The van der Waals surface area contributed by atoms with E-state index in [4.69, 9.17) is 18.9 Å². The van der Waals surface area contributed by atoms with E-state index in [1.807, 2.05) is 0 Å². The fourth-order valence-corrected chi connectivity index (χ4v) is 2.96. The molecule has 1 N–H and O–H groups in total. The van der Waals surface area contributed by atoms with Gasteiger partial charge in [0, 0.05) is 18.1 Å². The molecule has 0 aliphatic heterocycles. The standard InChI is InChI=1S/C21H25NO7/c1-26-16-7-5-15(6-8-16)22-19(23)11-14(12-20(24)25)13-9-17(27-2)21(29-4)18(10-13)28-3/h5-10,14H,11-12H2,1-4H3,(H,22,23)(H,24,25)/p-1/t14-/m1/s1. The number of rotatable bonds is 10. The van der Waals surface area contributed by atoms with Crippen LogP contribution in [-0.2, 0) is 9.59 Å². The maximum Gasteiger partial charge on any atom is 0.224 e. The second-order valence-electron chi connectivity index (χ2n) is 6.21. The van der Waals surface area contributed by atoms with Gasteiger partial charge in [-0.05, 0) is 54.3 Å². The van der Waals surface area contributed by atoms with E-state index < -0.39 is 11.9 Å². The molecular formula is C21H24NO7-. The molecule has 156 valence electrons. The lowest BCUT2D eigenvalue weighted by molar-refractivity contribution is -0.306. The highest BCUT2D eigenvalue weighted by Crippen LogP contribution is 2.41. The minimum atomic E-state index is -1.26. The Balaban J connectivity index is 2.26. The third-order valence-electron chi connectivity index (χ3n) is 4.38. The molecule has 2 rings (SSSR count). The number of nitrogens with one attached hydrogen (secondary N) is 1. The first-order chi connectivity index (χ1) is 13.9. The summed E-state index contributed by atoms with van der Waals surface area (Å²) in [7, 11) is 5.95. The van der Waals surface area contributed by atoms with Gasteiger partial charge in [-0.1, -0.05) is 0 Å². The second kappa shape index (κ2) is 10.2. The summed E-state index contributed by atoms with van der Waals surface area (Å²) in [6.07, 6.45) is -0.409. The highest BCUT2D eigenvalue weighted by atomic mass is 16.5. The smallest absolute Gasteiger partial charge is 0.224 e. The maximum atomic E-state index is 12.5. The van der Waals surface area contributed by atoms with Crippen LogP contribution in [0, 0.1) is 0 Å². The second-order valence-corrected chi connectivity index (χ2v) is 6.21. The van der Waals surface area contributed by atoms with Crippen molar-refractivity contribution in [3.8, 4) is 23.0 Å². The number of hydrogen-bond donors (Lipinski definition) is 1. The van der Waals surface area contributed by atoms with Crippen LogP contribution in [0.4, 0.5) is 5.69 Å². The van der Waals surface area contributed by atoms with Gasteiger partial charge in [-0.25, -0.2) is 0 Å². The minimum absolute atomic E-state index is 0.0708. The van der Waals surface area contributed by atoms with Crippen molar-refractivity contribution in [2.75, 3.05) is 33.8 Å². The number of carboxylic acids is 1. The first-order valence-corrected chi connectivity index (χ1v) is 8.85. The molecule has 8 heteroatoms. The van der Waals surface area contributed by atoms with Gasteiger partial charge in [-0.3, -0.25) is 4.79 Å². The third kappa shape index (κ3) is 5.78. The molecule has 1 amide bonds. The molecule has 2 aromatic carbocycles. The average Bonchev–Trinajstić information content (AvgIpc) is 2.72. The lowest BCUT2D eigenvalue weighted by Gasteiger charge is -2.21. The van der Waals surface area contributed by atoms with Crippen LogP contribution in [0.25, 0.3) is 0 Å². The molecule has 0 fully saturated rings. The van der Waals surface area contributed by atoms with Crippen molar-refractivity contribution in [1.82, 2.24) is 0 Å². The zero-order valence-electron chi connectivity index (χ0n) is 16.8. The van der Waals surface area contributed by atoms with Gasteiger partial charge >= 0.3 is 0 Å². The number of carboxylic acid groups (broad SMARTS) is 1. The van der Waals surface area contributed by atoms with Gasteiger partial charge in [0.25, 0.3) is 0 Å². The van der Waals surface area contributed by atoms with Gasteiger partial charge in [0.2, 0.25) is 11.7 Å². The van der Waals surface area contributed by atoms with Crippen molar-refractivity contribution in [3.05, 3.63) is 42.0 Å².